The maximum Gasteiger partial charge on any atom is 0.263 e. The molecule has 0 saturated heterocycles. The van der Waals surface area contributed by atoms with Crippen molar-refractivity contribution in [3.8, 4) is 11.5 Å². The van der Waals surface area contributed by atoms with E-state index in [0.29, 0.717) is 0 Å². The zero-order valence-electron chi connectivity index (χ0n) is 20.1. The van der Waals surface area contributed by atoms with Crippen LogP contribution in [0.2, 0.25) is 0 Å². The summed E-state index contributed by atoms with van der Waals surface area (Å²) >= 11 is 0. The Morgan fingerprint density at radius 3 is 1.94 bits per heavy atom. The Bertz CT molecular complexity index is 1160. The van der Waals surface area contributed by atoms with Gasteiger partial charge in [0.2, 0.25) is 0 Å². The standard InChI is InChI=1S/C25H32N4O4S/c1-27(2)23-6-5-15-29-24(23)16-25(26-29)34(30,31)28(17-19-7-11-21(32-3)12-8-19)18-20-9-13-22(33-4)14-10-20/h7-14,16,23H,5-6,15,17-18H2,1-4H3. The second kappa shape index (κ2) is 10.2. The van der Waals surface area contributed by atoms with Gasteiger partial charge < -0.3 is 14.4 Å². The van der Waals surface area contributed by atoms with E-state index in [4.69, 9.17) is 9.47 Å². The van der Waals surface area contributed by atoms with Crippen molar-refractivity contribution in [1.82, 2.24) is 19.0 Å². The van der Waals surface area contributed by atoms with E-state index in [1.165, 1.54) is 4.31 Å². The van der Waals surface area contributed by atoms with Gasteiger partial charge in [-0.05, 0) is 62.3 Å². The summed E-state index contributed by atoms with van der Waals surface area (Å²) in [4.78, 5) is 2.12. The Kier molecular flexibility index (Phi) is 7.25. The number of ether oxygens (including phenoxy) is 2. The van der Waals surface area contributed by atoms with Crippen LogP contribution in [-0.2, 0) is 29.7 Å². The first kappa shape index (κ1) is 24.3. The third-order valence-electron chi connectivity index (χ3n) is 6.24. The minimum atomic E-state index is -3.85. The highest BCUT2D eigenvalue weighted by Gasteiger charge is 2.32. The number of benzene rings is 2. The van der Waals surface area contributed by atoms with Gasteiger partial charge in [0.1, 0.15) is 11.5 Å². The molecule has 0 spiro atoms. The summed E-state index contributed by atoms with van der Waals surface area (Å²) < 4.78 is 41.6. The molecule has 1 aliphatic rings. The molecule has 0 N–H and O–H groups in total. The Balaban J connectivity index is 1.68. The molecule has 1 aromatic heterocycles. The summed E-state index contributed by atoms with van der Waals surface area (Å²) in [5, 5.41) is 4.63. The van der Waals surface area contributed by atoms with Gasteiger partial charge in [0, 0.05) is 25.7 Å². The Morgan fingerprint density at radius 1 is 0.941 bits per heavy atom. The summed E-state index contributed by atoms with van der Waals surface area (Å²) in [7, 11) is 3.39. The molecule has 0 amide bonds. The van der Waals surface area contributed by atoms with Gasteiger partial charge in [-0.15, -0.1) is 0 Å². The first-order valence-electron chi connectivity index (χ1n) is 11.3. The molecule has 0 radical (unpaired) electrons. The minimum Gasteiger partial charge on any atom is -0.497 e. The molecular formula is C25H32N4O4S. The fourth-order valence-electron chi connectivity index (χ4n) is 4.31. The lowest BCUT2D eigenvalue weighted by Crippen LogP contribution is -2.30. The summed E-state index contributed by atoms with van der Waals surface area (Å²) in [6.07, 6.45) is 1.96. The summed E-state index contributed by atoms with van der Waals surface area (Å²) in [6, 6.07) is 16.8. The second-order valence-electron chi connectivity index (χ2n) is 8.72. The number of nitrogens with zero attached hydrogens (tertiary/aromatic N) is 4. The van der Waals surface area contributed by atoms with Crippen LogP contribution in [-0.4, -0.2) is 55.7 Å². The van der Waals surface area contributed by atoms with Crippen molar-refractivity contribution in [2.75, 3.05) is 28.3 Å². The van der Waals surface area contributed by atoms with E-state index >= 15 is 0 Å². The SMILES string of the molecule is COc1ccc(CN(Cc2ccc(OC)cc2)S(=O)(=O)c2cc3n(n2)CCCC3N(C)C)cc1. The monoisotopic (exact) mass is 484 g/mol. The Morgan fingerprint density at radius 2 is 1.47 bits per heavy atom. The minimum absolute atomic E-state index is 0.0956. The van der Waals surface area contributed by atoms with Gasteiger partial charge in [0.15, 0.2) is 5.03 Å². The van der Waals surface area contributed by atoms with Crippen LogP contribution in [0.25, 0.3) is 0 Å². The summed E-state index contributed by atoms with van der Waals surface area (Å²) in [6.45, 7) is 1.17. The molecule has 0 saturated carbocycles. The average Bonchev–Trinajstić information content (AvgIpc) is 3.30. The van der Waals surface area contributed by atoms with Gasteiger partial charge >= 0.3 is 0 Å². The molecule has 2 heterocycles. The van der Waals surface area contributed by atoms with Crippen molar-refractivity contribution in [2.45, 2.75) is 43.5 Å². The van der Waals surface area contributed by atoms with Crippen LogP contribution in [0.4, 0.5) is 0 Å². The zero-order chi connectivity index (χ0) is 24.3. The molecule has 2 aromatic carbocycles. The molecule has 0 aliphatic carbocycles. The normalized spacial score (nSPS) is 16.0. The highest BCUT2D eigenvalue weighted by Crippen LogP contribution is 2.31. The Hall–Kier alpha value is -2.88. The molecule has 9 heteroatoms. The van der Waals surface area contributed by atoms with E-state index in [1.54, 1.807) is 20.3 Å². The Labute approximate surface area is 201 Å². The van der Waals surface area contributed by atoms with E-state index in [1.807, 2.05) is 67.3 Å². The van der Waals surface area contributed by atoms with E-state index in [0.717, 1.165) is 47.7 Å². The van der Waals surface area contributed by atoms with Crippen molar-refractivity contribution < 1.29 is 17.9 Å². The smallest absolute Gasteiger partial charge is 0.263 e. The van der Waals surface area contributed by atoms with Crippen molar-refractivity contribution in [3.63, 3.8) is 0 Å². The van der Waals surface area contributed by atoms with Gasteiger partial charge in [-0.2, -0.15) is 9.40 Å². The van der Waals surface area contributed by atoms with Gasteiger partial charge in [0.25, 0.3) is 10.0 Å². The van der Waals surface area contributed by atoms with Crippen LogP contribution < -0.4 is 9.47 Å². The third kappa shape index (κ3) is 5.11. The van der Waals surface area contributed by atoms with Crippen molar-refractivity contribution in [2.24, 2.45) is 0 Å². The second-order valence-corrected chi connectivity index (χ2v) is 10.6. The first-order valence-corrected chi connectivity index (χ1v) is 12.8. The van der Waals surface area contributed by atoms with E-state index < -0.39 is 10.0 Å². The van der Waals surface area contributed by atoms with Gasteiger partial charge in [-0.25, -0.2) is 8.42 Å². The topological polar surface area (TPSA) is 76.9 Å². The van der Waals surface area contributed by atoms with Crippen molar-refractivity contribution >= 4 is 10.0 Å². The molecule has 0 fully saturated rings. The predicted molar refractivity (Wildman–Crippen MR) is 130 cm³/mol. The first-order chi connectivity index (χ1) is 16.3. The number of hydrogen-bond donors (Lipinski definition) is 0. The van der Waals surface area contributed by atoms with Crippen LogP contribution in [0.3, 0.4) is 0 Å². The quantitative estimate of drug-likeness (QED) is 0.461. The fraction of sp³-hybridized carbons (Fsp3) is 0.400. The zero-order valence-corrected chi connectivity index (χ0v) is 21.0. The highest BCUT2D eigenvalue weighted by molar-refractivity contribution is 7.89. The molecule has 8 nitrogen and oxygen atoms in total. The lowest BCUT2D eigenvalue weighted by molar-refractivity contribution is 0.236. The average molecular weight is 485 g/mol. The highest BCUT2D eigenvalue weighted by atomic mass is 32.2. The van der Waals surface area contributed by atoms with E-state index in [2.05, 4.69) is 10.00 Å². The molecule has 182 valence electrons. The predicted octanol–water partition coefficient (Wildman–Crippen LogP) is 3.69. The van der Waals surface area contributed by atoms with Crippen molar-refractivity contribution in [1.29, 1.82) is 0 Å². The molecule has 1 aliphatic heterocycles. The number of methoxy groups -OCH3 is 2. The maximum absolute atomic E-state index is 13.9. The fourth-order valence-corrected chi connectivity index (χ4v) is 5.69. The lowest BCUT2D eigenvalue weighted by atomic mass is 10.0. The van der Waals surface area contributed by atoms with E-state index in [-0.39, 0.29) is 24.2 Å². The molecule has 0 bridgehead atoms. The molecule has 1 atom stereocenters. The van der Waals surface area contributed by atoms with Crippen LogP contribution in [0, 0.1) is 0 Å². The third-order valence-corrected chi connectivity index (χ3v) is 7.91. The summed E-state index contributed by atoms with van der Waals surface area (Å²) in [5.74, 6) is 1.45. The number of hydrogen-bond acceptors (Lipinski definition) is 6. The molecular weight excluding hydrogens is 452 g/mol. The molecule has 3 aromatic rings. The maximum atomic E-state index is 13.9. The number of aromatic nitrogens is 2. The number of aryl methyl sites for hydroxylation is 1. The molecule has 1 unspecified atom stereocenters. The van der Waals surface area contributed by atoms with Gasteiger partial charge in [-0.1, -0.05) is 24.3 Å². The van der Waals surface area contributed by atoms with E-state index in [9.17, 15) is 8.42 Å². The lowest BCUT2D eigenvalue weighted by Gasteiger charge is -2.28. The number of fused-ring (bicyclic) bond motifs is 1. The van der Waals surface area contributed by atoms with Crippen LogP contribution in [0.5, 0.6) is 11.5 Å². The van der Waals surface area contributed by atoms with Crippen LogP contribution >= 0.6 is 0 Å². The van der Waals surface area contributed by atoms with Gasteiger partial charge in [-0.3, -0.25) is 4.68 Å². The number of sulfonamides is 1. The number of rotatable bonds is 9. The molecule has 34 heavy (non-hydrogen) atoms. The van der Waals surface area contributed by atoms with Crippen molar-refractivity contribution in [3.05, 3.63) is 71.4 Å². The van der Waals surface area contributed by atoms with Gasteiger partial charge in [0.05, 0.1) is 26.0 Å². The summed E-state index contributed by atoms with van der Waals surface area (Å²) in [5.41, 5.74) is 2.68. The largest absolute Gasteiger partial charge is 0.497 e. The molecule has 4 rings (SSSR count). The van der Waals surface area contributed by atoms with Crippen LogP contribution in [0.15, 0.2) is 59.6 Å². The van der Waals surface area contributed by atoms with Crippen LogP contribution in [0.1, 0.15) is 35.7 Å².